The summed E-state index contributed by atoms with van der Waals surface area (Å²) in [6.45, 7) is 1.61. The predicted octanol–water partition coefficient (Wildman–Crippen LogP) is 4.47. The maximum absolute atomic E-state index is 12.6. The Hall–Kier alpha value is -2.81. The second-order valence-electron chi connectivity index (χ2n) is 6.76. The van der Waals surface area contributed by atoms with Crippen molar-refractivity contribution in [1.29, 1.82) is 0 Å². The van der Waals surface area contributed by atoms with E-state index in [1.54, 1.807) is 6.92 Å². The number of ether oxygens (including phenoxy) is 1. The van der Waals surface area contributed by atoms with Crippen molar-refractivity contribution in [2.45, 2.75) is 22.8 Å². The van der Waals surface area contributed by atoms with Crippen LogP contribution in [-0.4, -0.2) is 27.2 Å². The molecule has 162 valence electrons. The minimum absolute atomic E-state index is 0.126. The van der Waals surface area contributed by atoms with Gasteiger partial charge in [-0.1, -0.05) is 42.5 Å². The Bertz CT molecular complexity index is 1120. The van der Waals surface area contributed by atoms with Crippen molar-refractivity contribution in [3.8, 4) is 5.75 Å². The minimum Gasteiger partial charge on any atom is -0.484 e. The van der Waals surface area contributed by atoms with Crippen molar-refractivity contribution in [2.24, 2.45) is 0 Å². The molecule has 1 atom stereocenters. The van der Waals surface area contributed by atoms with Gasteiger partial charge >= 0.3 is 0 Å². The van der Waals surface area contributed by atoms with Crippen LogP contribution in [0.3, 0.4) is 0 Å². The lowest BCUT2D eigenvalue weighted by atomic mass is 10.1. The molecule has 0 heterocycles. The molecule has 31 heavy (non-hydrogen) atoms. The Morgan fingerprint density at radius 3 is 2.29 bits per heavy atom. The Kier molecular flexibility index (Phi) is 7.73. The average Bonchev–Trinajstić information content (AvgIpc) is 2.78. The van der Waals surface area contributed by atoms with Crippen molar-refractivity contribution >= 4 is 33.4 Å². The molecule has 0 bridgehead atoms. The van der Waals surface area contributed by atoms with Crippen LogP contribution in [0.2, 0.25) is 0 Å². The van der Waals surface area contributed by atoms with Crippen LogP contribution in [0, 0.1) is 0 Å². The van der Waals surface area contributed by atoms with E-state index in [0.717, 1.165) is 16.1 Å². The van der Waals surface area contributed by atoms with E-state index in [2.05, 4.69) is 10.0 Å². The van der Waals surface area contributed by atoms with E-state index in [4.69, 9.17) is 4.74 Å². The number of hydrogen-bond donors (Lipinski definition) is 2. The van der Waals surface area contributed by atoms with Crippen molar-refractivity contribution < 1.29 is 17.9 Å². The lowest BCUT2D eigenvalue weighted by Gasteiger charge is -2.15. The quantitative estimate of drug-likeness (QED) is 0.464. The Balaban J connectivity index is 1.57. The summed E-state index contributed by atoms with van der Waals surface area (Å²) in [7, 11) is -3.69. The second kappa shape index (κ2) is 10.5. The molecule has 6 nitrogen and oxygen atoms in total. The fourth-order valence-electron chi connectivity index (χ4n) is 2.91. The van der Waals surface area contributed by atoms with E-state index in [9.17, 15) is 13.2 Å². The van der Waals surface area contributed by atoms with Crippen LogP contribution in [0.1, 0.15) is 18.5 Å². The molecule has 0 aliphatic rings. The highest BCUT2D eigenvalue weighted by Gasteiger charge is 2.18. The zero-order valence-electron chi connectivity index (χ0n) is 17.2. The number of benzene rings is 3. The largest absolute Gasteiger partial charge is 0.484 e. The molecule has 0 saturated carbocycles. The lowest BCUT2D eigenvalue weighted by molar-refractivity contribution is -0.118. The maximum atomic E-state index is 12.6. The standard InChI is InChI=1S/C23H24N2O4S2/c1-17(18-8-4-3-5-9-18)25-31(27,28)20-14-12-19(13-15-20)29-16-23(26)24-21-10-6-7-11-22(21)30-2/h3-15,17,25H,16H2,1-2H3,(H,24,26)/t17-/m1/s1. The van der Waals surface area contributed by atoms with Gasteiger partial charge in [0.2, 0.25) is 10.0 Å². The Morgan fingerprint density at radius 1 is 0.968 bits per heavy atom. The first-order valence-electron chi connectivity index (χ1n) is 9.62. The van der Waals surface area contributed by atoms with E-state index in [0.29, 0.717) is 5.75 Å². The summed E-state index contributed by atoms with van der Waals surface area (Å²) in [4.78, 5) is 13.3. The molecule has 0 spiro atoms. The number of amides is 1. The van der Waals surface area contributed by atoms with Crippen LogP contribution in [0.5, 0.6) is 5.75 Å². The van der Waals surface area contributed by atoms with Gasteiger partial charge in [-0.05, 0) is 55.1 Å². The number of anilines is 1. The Morgan fingerprint density at radius 2 is 1.61 bits per heavy atom. The van der Waals surface area contributed by atoms with Crippen molar-refractivity contribution in [3.05, 3.63) is 84.4 Å². The molecule has 0 fully saturated rings. The van der Waals surface area contributed by atoms with Crippen LogP contribution in [0.15, 0.2) is 88.7 Å². The number of thioether (sulfide) groups is 1. The summed E-state index contributed by atoms with van der Waals surface area (Å²) in [5.41, 5.74) is 1.60. The second-order valence-corrected chi connectivity index (χ2v) is 9.32. The van der Waals surface area contributed by atoms with E-state index >= 15 is 0 Å². The number of rotatable bonds is 9. The van der Waals surface area contributed by atoms with Crippen molar-refractivity contribution in [3.63, 3.8) is 0 Å². The van der Waals surface area contributed by atoms with Gasteiger partial charge in [-0.15, -0.1) is 11.8 Å². The molecule has 0 radical (unpaired) electrons. The summed E-state index contributed by atoms with van der Waals surface area (Å²) < 4.78 is 33.4. The average molecular weight is 457 g/mol. The molecule has 8 heteroatoms. The first-order chi connectivity index (χ1) is 14.9. The third-order valence-corrected chi connectivity index (χ3v) is 6.87. The van der Waals surface area contributed by atoms with Gasteiger partial charge in [-0.25, -0.2) is 13.1 Å². The van der Waals surface area contributed by atoms with E-state index < -0.39 is 10.0 Å². The highest BCUT2D eigenvalue weighted by Crippen LogP contribution is 2.24. The summed E-state index contributed by atoms with van der Waals surface area (Å²) in [6, 6.07) is 22.5. The fourth-order valence-corrected chi connectivity index (χ4v) is 4.69. The molecule has 3 rings (SSSR count). The van der Waals surface area contributed by atoms with Gasteiger partial charge in [-0.2, -0.15) is 0 Å². The highest BCUT2D eigenvalue weighted by molar-refractivity contribution is 7.98. The first-order valence-corrected chi connectivity index (χ1v) is 12.3. The molecular formula is C23H24N2O4S2. The van der Waals surface area contributed by atoms with Gasteiger partial charge in [0.05, 0.1) is 10.6 Å². The number of sulfonamides is 1. The smallest absolute Gasteiger partial charge is 0.262 e. The zero-order valence-corrected chi connectivity index (χ0v) is 18.9. The van der Waals surface area contributed by atoms with Crippen molar-refractivity contribution in [1.82, 2.24) is 4.72 Å². The van der Waals surface area contributed by atoms with Gasteiger partial charge in [0.15, 0.2) is 6.61 Å². The number of nitrogens with one attached hydrogen (secondary N) is 2. The van der Waals surface area contributed by atoms with Gasteiger partial charge < -0.3 is 10.1 Å². The third-order valence-electron chi connectivity index (χ3n) is 4.52. The molecular weight excluding hydrogens is 432 g/mol. The molecule has 3 aromatic carbocycles. The molecule has 0 saturated heterocycles. The fraction of sp³-hybridized carbons (Fsp3) is 0.174. The van der Waals surface area contributed by atoms with Crippen LogP contribution in [-0.2, 0) is 14.8 Å². The number of para-hydroxylation sites is 1. The van der Waals surface area contributed by atoms with E-state index in [1.807, 2.05) is 60.9 Å². The summed E-state index contributed by atoms with van der Waals surface area (Å²) in [5, 5.41) is 2.81. The third kappa shape index (κ3) is 6.33. The monoisotopic (exact) mass is 456 g/mol. The van der Waals surface area contributed by atoms with Crippen LogP contribution >= 0.6 is 11.8 Å². The SMILES string of the molecule is CSc1ccccc1NC(=O)COc1ccc(S(=O)(=O)N[C@H](C)c2ccccc2)cc1. The van der Waals surface area contributed by atoms with Crippen LogP contribution in [0.25, 0.3) is 0 Å². The number of carbonyl (C=O) groups excluding carboxylic acids is 1. The normalized spacial score (nSPS) is 12.2. The van der Waals surface area contributed by atoms with E-state index in [1.165, 1.54) is 36.0 Å². The molecule has 3 aromatic rings. The van der Waals surface area contributed by atoms with Gasteiger partial charge in [0.1, 0.15) is 5.75 Å². The number of carbonyl (C=O) groups is 1. The summed E-state index contributed by atoms with van der Waals surface area (Å²) in [5.74, 6) is 0.111. The van der Waals surface area contributed by atoms with Crippen LogP contribution < -0.4 is 14.8 Å². The van der Waals surface area contributed by atoms with Gasteiger partial charge in [-0.3, -0.25) is 4.79 Å². The molecule has 2 N–H and O–H groups in total. The lowest BCUT2D eigenvalue weighted by Crippen LogP contribution is -2.26. The van der Waals surface area contributed by atoms with Crippen LogP contribution in [0.4, 0.5) is 5.69 Å². The molecule has 0 aromatic heterocycles. The summed E-state index contributed by atoms with van der Waals surface area (Å²) in [6.07, 6.45) is 1.94. The maximum Gasteiger partial charge on any atom is 0.262 e. The molecule has 1 amide bonds. The number of hydrogen-bond acceptors (Lipinski definition) is 5. The highest BCUT2D eigenvalue weighted by atomic mass is 32.2. The van der Waals surface area contributed by atoms with E-state index in [-0.39, 0.29) is 23.5 Å². The Labute approximate surface area is 187 Å². The van der Waals surface area contributed by atoms with Crippen molar-refractivity contribution in [2.75, 3.05) is 18.2 Å². The van der Waals surface area contributed by atoms with Gasteiger partial charge in [0, 0.05) is 10.9 Å². The predicted molar refractivity (Wildman–Crippen MR) is 124 cm³/mol. The molecule has 0 aliphatic carbocycles. The molecule has 0 unspecified atom stereocenters. The summed E-state index contributed by atoms with van der Waals surface area (Å²) >= 11 is 1.54. The first kappa shape index (κ1) is 22.9. The minimum atomic E-state index is -3.69. The molecule has 0 aliphatic heterocycles. The van der Waals surface area contributed by atoms with Gasteiger partial charge in [0.25, 0.3) is 5.91 Å². The topological polar surface area (TPSA) is 84.5 Å². The zero-order chi connectivity index (χ0) is 22.3.